The van der Waals surface area contributed by atoms with E-state index in [0.29, 0.717) is 17.1 Å². The van der Waals surface area contributed by atoms with Gasteiger partial charge in [0, 0.05) is 18.0 Å². The molecule has 30 heavy (non-hydrogen) atoms. The molecular weight excluding hydrogens is 404 g/mol. The van der Waals surface area contributed by atoms with Gasteiger partial charge in [0.15, 0.2) is 0 Å². The molecule has 8 heteroatoms. The maximum absolute atomic E-state index is 12.5. The van der Waals surface area contributed by atoms with Gasteiger partial charge in [-0.25, -0.2) is 8.42 Å². The number of benzene rings is 3. The standard InChI is InChI=1S/C22H24N2O5S/c1-16(25)23-18-10-12-20(13-11-18)29-15-19(26)14-24(30(2,27)28)22-9-5-7-17-6-3-4-8-21(17)22/h3-13,19,26H,14-15H2,1-2H3,(H,23,25). The largest absolute Gasteiger partial charge is 0.491 e. The molecule has 2 N–H and O–H groups in total. The van der Waals surface area contributed by atoms with Crippen LogP contribution in [0.4, 0.5) is 11.4 Å². The summed E-state index contributed by atoms with van der Waals surface area (Å²) in [6.45, 7) is 1.19. The number of sulfonamides is 1. The lowest BCUT2D eigenvalue weighted by Gasteiger charge is -2.26. The molecule has 3 aromatic carbocycles. The Morgan fingerprint density at radius 1 is 1.07 bits per heavy atom. The monoisotopic (exact) mass is 428 g/mol. The van der Waals surface area contributed by atoms with Crippen LogP contribution < -0.4 is 14.4 Å². The van der Waals surface area contributed by atoms with Crippen molar-refractivity contribution < 1.29 is 23.1 Å². The minimum absolute atomic E-state index is 0.0870. The number of anilines is 2. The quantitative estimate of drug-likeness (QED) is 0.575. The Morgan fingerprint density at radius 3 is 2.40 bits per heavy atom. The molecule has 0 bridgehead atoms. The SMILES string of the molecule is CC(=O)Nc1ccc(OCC(O)CN(c2cccc3ccccc23)S(C)(=O)=O)cc1. The minimum Gasteiger partial charge on any atom is -0.491 e. The van der Waals surface area contributed by atoms with Crippen molar-refractivity contribution in [3.8, 4) is 5.75 Å². The number of hydrogen-bond donors (Lipinski definition) is 2. The van der Waals surface area contributed by atoms with Crippen LogP contribution in [0.1, 0.15) is 6.92 Å². The lowest BCUT2D eigenvalue weighted by Crippen LogP contribution is -2.39. The number of aliphatic hydroxyl groups excluding tert-OH is 1. The van der Waals surface area contributed by atoms with Crippen LogP contribution in [0.3, 0.4) is 0 Å². The van der Waals surface area contributed by atoms with E-state index in [2.05, 4.69) is 5.32 Å². The second-order valence-electron chi connectivity index (χ2n) is 6.96. The van der Waals surface area contributed by atoms with E-state index in [9.17, 15) is 18.3 Å². The van der Waals surface area contributed by atoms with Crippen molar-refractivity contribution >= 4 is 38.1 Å². The van der Waals surface area contributed by atoms with Crippen LogP contribution in [-0.2, 0) is 14.8 Å². The van der Waals surface area contributed by atoms with Crippen LogP contribution in [0.5, 0.6) is 5.75 Å². The first-order chi connectivity index (χ1) is 14.2. The molecule has 7 nitrogen and oxygen atoms in total. The Kier molecular flexibility index (Phi) is 6.59. The van der Waals surface area contributed by atoms with Crippen LogP contribution in [0.15, 0.2) is 66.7 Å². The molecule has 0 aliphatic carbocycles. The second kappa shape index (κ2) is 9.15. The van der Waals surface area contributed by atoms with Crippen molar-refractivity contribution in [2.24, 2.45) is 0 Å². The highest BCUT2D eigenvalue weighted by molar-refractivity contribution is 7.92. The molecule has 0 aliphatic rings. The molecular formula is C22H24N2O5S. The Balaban J connectivity index is 1.72. The summed E-state index contributed by atoms with van der Waals surface area (Å²) in [7, 11) is -3.63. The number of aliphatic hydroxyl groups is 1. The van der Waals surface area contributed by atoms with Gasteiger partial charge < -0.3 is 15.2 Å². The zero-order valence-corrected chi connectivity index (χ0v) is 17.6. The molecule has 1 atom stereocenters. The minimum atomic E-state index is -3.63. The van der Waals surface area contributed by atoms with Gasteiger partial charge in [-0.2, -0.15) is 0 Å². The highest BCUT2D eigenvalue weighted by Gasteiger charge is 2.23. The lowest BCUT2D eigenvalue weighted by atomic mass is 10.1. The third-order valence-electron chi connectivity index (χ3n) is 4.43. The molecule has 1 amide bonds. The summed E-state index contributed by atoms with van der Waals surface area (Å²) in [6, 6.07) is 19.6. The zero-order valence-electron chi connectivity index (χ0n) is 16.8. The van der Waals surface area contributed by atoms with Crippen molar-refractivity contribution in [1.29, 1.82) is 0 Å². The average Bonchev–Trinajstić information content (AvgIpc) is 2.70. The van der Waals surface area contributed by atoms with Gasteiger partial charge in [0.2, 0.25) is 15.9 Å². The topological polar surface area (TPSA) is 95.9 Å². The Morgan fingerprint density at radius 2 is 1.73 bits per heavy atom. The molecule has 0 aromatic heterocycles. The number of amides is 1. The fourth-order valence-corrected chi connectivity index (χ4v) is 4.07. The number of carbonyl (C=O) groups excluding carboxylic acids is 1. The lowest BCUT2D eigenvalue weighted by molar-refractivity contribution is -0.114. The molecule has 158 valence electrons. The maximum atomic E-state index is 12.5. The second-order valence-corrected chi connectivity index (χ2v) is 8.87. The Bertz CT molecular complexity index is 1120. The summed E-state index contributed by atoms with van der Waals surface area (Å²) in [6.07, 6.45) is 0.0667. The van der Waals surface area contributed by atoms with Crippen molar-refractivity contribution in [3.05, 3.63) is 66.7 Å². The summed E-state index contributed by atoms with van der Waals surface area (Å²) in [5, 5.41) is 14.8. The van der Waals surface area contributed by atoms with E-state index >= 15 is 0 Å². The van der Waals surface area contributed by atoms with Crippen LogP contribution in [0, 0.1) is 0 Å². The van der Waals surface area contributed by atoms with Crippen molar-refractivity contribution in [2.45, 2.75) is 13.0 Å². The molecule has 0 fully saturated rings. The fourth-order valence-electron chi connectivity index (χ4n) is 3.11. The number of ether oxygens (including phenoxy) is 1. The first kappa shape index (κ1) is 21.6. The first-order valence-electron chi connectivity index (χ1n) is 9.38. The van der Waals surface area contributed by atoms with Crippen LogP contribution in [0.2, 0.25) is 0 Å². The molecule has 3 rings (SSSR count). The molecule has 0 saturated heterocycles. The van der Waals surface area contributed by atoms with Gasteiger partial charge in [-0.1, -0.05) is 36.4 Å². The van der Waals surface area contributed by atoms with Crippen LogP contribution in [0.25, 0.3) is 10.8 Å². The summed E-state index contributed by atoms with van der Waals surface area (Å²) >= 11 is 0. The van der Waals surface area contributed by atoms with Gasteiger partial charge in [-0.3, -0.25) is 9.10 Å². The summed E-state index contributed by atoms with van der Waals surface area (Å²) in [5.74, 6) is 0.326. The van der Waals surface area contributed by atoms with E-state index in [1.165, 1.54) is 11.2 Å². The van der Waals surface area contributed by atoms with Crippen LogP contribution >= 0.6 is 0 Å². The smallest absolute Gasteiger partial charge is 0.232 e. The molecule has 0 heterocycles. The van der Waals surface area contributed by atoms with E-state index in [1.807, 2.05) is 30.3 Å². The van der Waals surface area contributed by atoms with Gasteiger partial charge in [-0.15, -0.1) is 0 Å². The Hall–Kier alpha value is -3.10. The number of fused-ring (bicyclic) bond motifs is 1. The molecule has 1 unspecified atom stereocenters. The molecule has 0 radical (unpaired) electrons. The predicted molar refractivity (Wildman–Crippen MR) is 118 cm³/mol. The third-order valence-corrected chi connectivity index (χ3v) is 5.58. The van der Waals surface area contributed by atoms with E-state index in [-0.39, 0.29) is 19.1 Å². The summed E-state index contributed by atoms with van der Waals surface area (Å²) in [5.41, 5.74) is 1.14. The van der Waals surface area contributed by atoms with E-state index in [4.69, 9.17) is 4.74 Å². The average molecular weight is 429 g/mol. The summed E-state index contributed by atoms with van der Waals surface area (Å²) < 4.78 is 31.7. The number of hydrogen-bond acceptors (Lipinski definition) is 5. The van der Waals surface area contributed by atoms with Gasteiger partial charge in [0.25, 0.3) is 0 Å². The van der Waals surface area contributed by atoms with E-state index in [1.54, 1.807) is 36.4 Å². The number of rotatable bonds is 8. The normalized spacial score (nSPS) is 12.4. The van der Waals surface area contributed by atoms with Gasteiger partial charge in [0.1, 0.15) is 18.5 Å². The highest BCUT2D eigenvalue weighted by atomic mass is 32.2. The number of carbonyl (C=O) groups is 1. The Labute approximate surface area is 175 Å². The van der Waals surface area contributed by atoms with E-state index in [0.717, 1.165) is 17.0 Å². The van der Waals surface area contributed by atoms with Crippen molar-refractivity contribution in [3.63, 3.8) is 0 Å². The van der Waals surface area contributed by atoms with Crippen molar-refractivity contribution in [2.75, 3.05) is 29.0 Å². The third kappa shape index (κ3) is 5.49. The van der Waals surface area contributed by atoms with Crippen molar-refractivity contribution in [1.82, 2.24) is 0 Å². The summed E-state index contributed by atoms with van der Waals surface area (Å²) in [4.78, 5) is 11.1. The maximum Gasteiger partial charge on any atom is 0.232 e. The molecule has 0 spiro atoms. The number of nitrogens with zero attached hydrogens (tertiary/aromatic N) is 1. The zero-order chi connectivity index (χ0) is 21.7. The van der Waals surface area contributed by atoms with Gasteiger partial charge in [-0.05, 0) is 35.7 Å². The van der Waals surface area contributed by atoms with Gasteiger partial charge >= 0.3 is 0 Å². The molecule has 3 aromatic rings. The molecule has 0 saturated carbocycles. The van der Waals surface area contributed by atoms with Gasteiger partial charge in [0.05, 0.1) is 18.5 Å². The first-order valence-corrected chi connectivity index (χ1v) is 11.2. The predicted octanol–water partition coefficient (Wildman–Crippen LogP) is 3.00. The highest BCUT2D eigenvalue weighted by Crippen LogP contribution is 2.28. The number of nitrogens with one attached hydrogen (secondary N) is 1. The fraction of sp³-hybridized carbons (Fsp3) is 0.227. The molecule has 0 aliphatic heterocycles. The van der Waals surface area contributed by atoms with Crippen LogP contribution in [-0.4, -0.2) is 44.9 Å². The van der Waals surface area contributed by atoms with E-state index < -0.39 is 16.1 Å².